The Kier molecular flexibility index (Phi) is 2.88. The molecule has 2 rings (SSSR count). The Labute approximate surface area is 90.1 Å². The van der Waals surface area contributed by atoms with Crippen molar-refractivity contribution in [1.29, 1.82) is 0 Å². The van der Waals surface area contributed by atoms with Gasteiger partial charge in [-0.2, -0.15) is 13.2 Å². The molecule has 1 saturated carbocycles. The van der Waals surface area contributed by atoms with Crippen molar-refractivity contribution in [3.63, 3.8) is 0 Å². The summed E-state index contributed by atoms with van der Waals surface area (Å²) < 4.78 is 37.6. The Balaban J connectivity index is 2.18. The summed E-state index contributed by atoms with van der Waals surface area (Å²) in [6.07, 6.45) is -1.72. The van der Waals surface area contributed by atoms with Crippen molar-refractivity contribution in [3.8, 4) is 0 Å². The lowest BCUT2D eigenvalue weighted by molar-refractivity contribution is -0.143. The monoisotopic (exact) mass is 235 g/mol. The summed E-state index contributed by atoms with van der Waals surface area (Å²) in [7, 11) is 0. The molecule has 0 amide bonds. The van der Waals surface area contributed by atoms with Crippen LogP contribution in [0, 0.1) is 5.92 Å². The van der Waals surface area contributed by atoms with Crippen LogP contribution in [0.1, 0.15) is 24.2 Å². The van der Waals surface area contributed by atoms with Crippen LogP contribution in [0.3, 0.4) is 0 Å². The van der Waals surface area contributed by atoms with Crippen LogP contribution >= 0.6 is 0 Å². The van der Waals surface area contributed by atoms with Crippen molar-refractivity contribution in [1.82, 2.24) is 15.0 Å². The summed E-state index contributed by atoms with van der Waals surface area (Å²) in [4.78, 5) is 0. The number of rotatable bonds is 4. The molecule has 1 N–H and O–H groups in total. The highest BCUT2D eigenvalue weighted by molar-refractivity contribution is 5.11. The molecule has 1 aromatic rings. The van der Waals surface area contributed by atoms with Gasteiger partial charge in [-0.3, -0.25) is 0 Å². The Hall–Kier alpha value is -1.11. The molecule has 90 valence electrons. The first-order valence-corrected chi connectivity index (χ1v) is 5.08. The Morgan fingerprint density at radius 2 is 2.06 bits per heavy atom. The standard InChI is InChI=1S/C9H12F3N3O/c10-9(11,12)5-15-8(3-6-1-2-6)7(4-16)13-14-15/h6,16H,1-5H2. The molecule has 4 nitrogen and oxygen atoms in total. The molecule has 0 aromatic carbocycles. The summed E-state index contributed by atoms with van der Waals surface area (Å²) in [6, 6.07) is 0. The molecule has 1 fully saturated rings. The molecule has 1 aliphatic rings. The SMILES string of the molecule is OCc1nnn(CC(F)(F)F)c1CC1CC1. The van der Waals surface area contributed by atoms with Gasteiger partial charge in [-0.15, -0.1) is 5.10 Å². The second-order valence-electron chi connectivity index (χ2n) is 4.06. The molecular weight excluding hydrogens is 223 g/mol. The molecule has 0 atom stereocenters. The average molecular weight is 235 g/mol. The topological polar surface area (TPSA) is 50.9 Å². The minimum atomic E-state index is -4.31. The number of nitrogens with zero attached hydrogens (tertiary/aromatic N) is 3. The minimum absolute atomic E-state index is 0.260. The van der Waals surface area contributed by atoms with E-state index in [1.165, 1.54) is 0 Å². The largest absolute Gasteiger partial charge is 0.408 e. The Morgan fingerprint density at radius 1 is 1.38 bits per heavy atom. The average Bonchev–Trinajstić information content (AvgIpc) is 2.90. The highest BCUT2D eigenvalue weighted by atomic mass is 19.4. The summed E-state index contributed by atoms with van der Waals surface area (Å²) in [5, 5.41) is 16.0. The van der Waals surface area contributed by atoms with E-state index in [1.807, 2.05) is 0 Å². The molecule has 0 unspecified atom stereocenters. The van der Waals surface area contributed by atoms with E-state index in [0.29, 0.717) is 18.0 Å². The van der Waals surface area contributed by atoms with Crippen molar-refractivity contribution < 1.29 is 18.3 Å². The summed E-state index contributed by atoms with van der Waals surface area (Å²) in [5.41, 5.74) is 0.679. The third kappa shape index (κ3) is 2.72. The van der Waals surface area contributed by atoms with Crippen molar-refractivity contribution in [2.45, 2.75) is 38.6 Å². The number of hydrogen-bond donors (Lipinski definition) is 1. The van der Waals surface area contributed by atoms with E-state index in [9.17, 15) is 13.2 Å². The number of aromatic nitrogens is 3. The van der Waals surface area contributed by atoms with Crippen LogP contribution in [0.4, 0.5) is 13.2 Å². The van der Waals surface area contributed by atoms with Crippen LogP contribution < -0.4 is 0 Å². The fourth-order valence-electron chi connectivity index (χ4n) is 1.61. The first-order valence-electron chi connectivity index (χ1n) is 5.08. The van der Waals surface area contributed by atoms with Gasteiger partial charge in [0.15, 0.2) is 0 Å². The Bertz CT molecular complexity index is 371. The molecule has 0 spiro atoms. The predicted octanol–water partition coefficient (Wildman–Crippen LogP) is 1.29. The third-order valence-electron chi connectivity index (χ3n) is 2.58. The summed E-state index contributed by atoms with van der Waals surface area (Å²) in [6.45, 7) is -1.50. The van der Waals surface area contributed by atoms with Gasteiger partial charge in [0.05, 0.1) is 12.3 Å². The minimum Gasteiger partial charge on any atom is -0.390 e. The first-order chi connectivity index (χ1) is 7.49. The van der Waals surface area contributed by atoms with E-state index >= 15 is 0 Å². The van der Waals surface area contributed by atoms with Gasteiger partial charge in [-0.25, -0.2) is 4.68 Å². The van der Waals surface area contributed by atoms with E-state index in [0.717, 1.165) is 17.5 Å². The summed E-state index contributed by atoms with van der Waals surface area (Å²) >= 11 is 0. The molecule has 1 aromatic heterocycles. The number of hydrogen-bond acceptors (Lipinski definition) is 3. The Morgan fingerprint density at radius 3 is 2.56 bits per heavy atom. The number of halogens is 3. The van der Waals surface area contributed by atoms with Gasteiger partial charge < -0.3 is 5.11 Å². The van der Waals surface area contributed by atoms with E-state index in [1.54, 1.807) is 0 Å². The zero-order valence-corrected chi connectivity index (χ0v) is 8.54. The maximum Gasteiger partial charge on any atom is 0.408 e. The molecule has 1 heterocycles. The lowest BCUT2D eigenvalue weighted by atomic mass is 10.2. The zero-order valence-electron chi connectivity index (χ0n) is 8.54. The highest BCUT2D eigenvalue weighted by Gasteiger charge is 2.32. The first kappa shape index (κ1) is 11.4. The second-order valence-corrected chi connectivity index (χ2v) is 4.06. The van der Waals surface area contributed by atoms with Gasteiger partial charge in [-0.1, -0.05) is 5.21 Å². The zero-order chi connectivity index (χ0) is 11.8. The number of alkyl halides is 3. The number of aliphatic hydroxyl groups is 1. The van der Waals surface area contributed by atoms with E-state index in [2.05, 4.69) is 10.3 Å². The molecule has 0 radical (unpaired) electrons. The van der Waals surface area contributed by atoms with Crippen molar-refractivity contribution in [3.05, 3.63) is 11.4 Å². The van der Waals surface area contributed by atoms with Crippen LogP contribution in [0.2, 0.25) is 0 Å². The van der Waals surface area contributed by atoms with Crippen LogP contribution in [-0.2, 0) is 19.6 Å². The van der Waals surface area contributed by atoms with Gasteiger partial charge in [0.2, 0.25) is 0 Å². The quantitative estimate of drug-likeness (QED) is 0.855. The molecular formula is C9H12F3N3O. The van der Waals surface area contributed by atoms with E-state index in [-0.39, 0.29) is 12.3 Å². The molecule has 0 bridgehead atoms. The normalized spacial score (nSPS) is 16.8. The van der Waals surface area contributed by atoms with E-state index in [4.69, 9.17) is 5.11 Å². The fourth-order valence-corrected chi connectivity index (χ4v) is 1.61. The van der Waals surface area contributed by atoms with Crippen LogP contribution in [-0.4, -0.2) is 26.3 Å². The summed E-state index contributed by atoms with van der Waals surface area (Å²) in [5.74, 6) is 0.427. The maximum absolute atomic E-state index is 12.2. The second kappa shape index (κ2) is 4.04. The fraction of sp³-hybridized carbons (Fsp3) is 0.778. The lowest BCUT2D eigenvalue weighted by Crippen LogP contribution is -2.21. The molecule has 0 aliphatic heterocycles. The lowest BCUT2D eigenvalue weighted by Gasteiger charge is -2.09. The highest BCUT2D eigenvalue weighted by Crippen LogP contribution is 2.33. The molecule has 16 heavy (non-hydrogen) atoms. The van der Waals surface area contributed by atoms with Crippen molar-refractivity contribution in [2.75, 3.05) is 0 Å². The van der Waals surface area contributed by atoms with E-state index < -0.39 is 12.7 Å². The van der Waals surface area contributed by atoms with Crippen molar-refractivity contribution in [2.24, 2.45) is 5.92 Å². The van der Waals surface area contributed by atoms with Crippen LogP contribution in [0.5, 0.6) is 0 Å². The van der Waals surface area contributed by atoms with Crippen LogP contribution in [0.15, 0.2) is 0 Å². The molecule has 7 heteroatoms. The molecule has 0 saturated heterocycles. The van der Waals surface area contributed by atoms with Gasteiger partial charge >= 0.3 is 6.18 Å². The third-order valence-corrected chi connectivity index (χ3v) is 2.58. The van der Waals surface area contributed by atoms with Gasteiger partial charge in [0.1, 0.15) is 12.2 Å². The maximum atomic E-state index is 12.2. The van der Waals surface area contributed by atoms with Crippen LogP contribution in [0.25, 0.3) is 0 Å². The number of aliphatic hydroxyl groups excluding tert-OH is 1. The van der Waals surface area contributed by atoms with Gasteiger partial charge in [0.25, 0.3) is 0 Å². The van der Waals surface area contributed by atoms with Gasteiger partial charge in [-0.05, 0) is 25.2 Å². The molecule has 1 aliphatic carbocycles. The predicted molar refractivity (Wildman–Crippen MR) is 48.4 cm³/mol. The van der Waals surface area contributed by atoms with Crippen molar-refractivity contribution >= 4 is 0 Å². The van der Waals surface area contributed by atoms with Gasteiger partial charge in [0, 0.05) is 0 Å². The smallest absolute Gasteiger partial charge is 0.390 e.